The fourth-order valence-corrected chi connectivity index (χ4v) is 3.13. The van der Waals surface area contributed by atoms with Crippen molar-refractivity contribution >= 4 is 20.3 Å². The first-order valence-corrected chi connectivity index (χ1v) is 10.5. The summed E-state index contributed by atoms with van der Waals surface area (Å²) in [6.45, 7) is 10.2. The van der Waals surface area contributed by atoms with Crippen LogP contribution < -0.4 is 0 Å². The molecular formula is C15H30O7Si. The minimum absolute atomic E-state index is 0.0623. The van der Waals surface area contributed by atoms with Gasteiger partial charge in [-0.2, -0.15) is 0 Å². The van der Waals surface area contributed by atoms with Crippen molar-refractivity contribution in [1.29, 1.82) is 0 Å². The Morgan fingerprint density at radius 2 is 1.30 bits per heavy atom. The predicted octanol–water partition coefficient (Wildman–Crippen LogP) is 1.22. The minimum atomic E-state index is -2.22. The molecular weight excluding hydrogens is 320 g/mol. The summed E-state index contributed by atoms with van der Waals surface area (Å²) >= 11 is 0. The molecule has 0 fully saturated rings. The second-order valence-corrected chi connectivity index (χ2v) is 11.8. The number of hydrogen-bond acceptors (Lipinski definition) is 7. The Labute approximate surface area is 139 Å². The van der Waals surface area contributed by atoms with E-state index in [1.807, 2.05) is 33.9 Å². The van der Waals surface area contributed by atoms with Gasteiger partial charge in [0, 0.05) is 12.8 Å². The first-order valence-electron chi connectivity index (χ1n) is 7.55. The van der Waals surface area contributed by atoms with Crippen molar-refractivity contribution in [3.8, 4) is 0 Å². The second kappa shape index (κ2) is 8.77. The number of hydrogen-bond donors (Lipinski definition) is 2. The van der Waals surface area contributed by atoms with Crippen molar-refractivity contribution in [1.82, 2.24) is 0 Å². The van der Waals surface area contributed by atoms with E-state index in [2.05, 4.69) is 9.47 Å². The highest BCUT2D eigenvalue weighted by molar-refractivity contribution is 6.74. The molecule has 7 nitrogen and oxygen atoms in total. The number of ether oxygens (including phenoxy) is 2. The molecule has 0 aliphatic heterocycles. The van der Waals surface area contributed by atoms with Crippen LogP contribution in [0, 0.1) is 0 Å². The Hall–Kier alpha value is -0.963. The number of aliphatic hydroxyl groups excluding tert-OH is 2. The van der Waals surface area contributed by atoms with Gasteiger partial charge in [0.05, 0.1) is 20.3 Å². The van der Waals surface area contributed by atoms with E-state index in [0.29, 0.717) is 0 Å². The molecule has 23 heavy (non-hydrogen) atoms. The van der Waals surface area contributed by atoms with Crippen LogP contribution in [0.2, 0.25) is 18.1 Å². The lowest BCUT2D eigenvalue weighted by Crippen LogP contribution is -2.46. The molecule has 0 saturated carbocycles. The molecule has 0 amide bonds. The summed E-state index contributed by atoms with van der Waals surface area (Å²) in [4.78, 5) is 22.8. The van der Waals surface area contributed by atoms with E-state index in [9.17, 15) is 19.8 Å². The van der Waals surface area contributed by atoms with Crippen molar-refractivity contribution in [2.45, 2.75) is 70.1 Å². The van der Waals surface area contributed by atoms with E-state index in [0.717, 1.165) is 0 Å². The van der Waals surface area contributed by atoms with Crippen molar-refractivity contribution in [3.05, 3.63) is 0 Å². The molecule has 0 heterocycles. The molecule has 2 atom stereocenters. The smallest absolute Gasteiger partial charge is 0.334 e. The predicted molar refractivity (Wildman–Crippen MR) is 87.3 cm³/mol. The number of esters is 2. The van der Waals surface area contributed by atoms with Crippen molar-refractivity contribution < 1.29 is 33.7 Å². The monoisotopic (exact) mass is 350 g/mol. The molecule has 0 radical (unpaired) electrons. The number of aliphatic hydroxyl groups is 2. The molecule has 0 rings (SSSR count). The third kappa shape index (κ3) is 6.99. The SMILES string of the molecule is COC(=O)[C@H](O)CC(C[C@@H](O)C(=O)OC)O[Si](C)(C)C(C)(C)C. The number of rotatable bonds is 8. The van der Waals surface area contributed by atoms with Gasteiger partial charge in [0.15, 0.2) is 20.5 Å². The molecule has 0 unspecified atom stereocenters. The Morgan fingerprint density at radius 3 is 1.57 bits per heavy atom. The lowest BCUT2D eigenvalue weighted by Gasteiger charge is -2.40. The molecule has 0 aliphatic rings. The van der Waals surface area contributed by atoms with Crippen LogP contribution in [0.15, 0.2) is 0 Å². The van der Waals surface area contributed by atoms with E-state index in [1.165, 1.54) is 14.2 Å². The van der Waals surface area contributed by atoms with E-state index < -0.39 is 38.6 Å². The van der Waals surface area contributed by atoms with Crippen LogP contribution in [-0.2, 0) is 23.5 Å². The molecule has 0 aromatic rings. The van der Waals surface area contributed by atoms with Crippen molar-refractivity contribution in [3.63, 3.8) is 0 Å². The quantitative estimate of drug-likeness (QED) is 0.501. The number of methoxy groups -OCH3 is 2. The normalized spacial score (nSPS) is 15.2. The summed E-state index contributed by atoms with van der Waals surface area (Å²) < 4.78 is 15.1. The Kier molecular flexibility index (Phi) is 8.40. The molecule has 136 valence electrons. The highest BCUT2D eigenvalue weighted by Crippen LogP contribution is 2.38. The van der Waals surface area contributed by atoms with Crippen molar-refractivity contribution in [2.75, 3.05) is 14.2 Å². The van der Waals surface area contributed by atoms with Crippen LogP contribution in [-0.4, -0.2) is 63.0 Å². The average molecular weight is 350 g/mol. The van der Waals surface area contributed by atoms with Crippen LogP contribution in [0.4, 0.5) is 0 Å². The largest absolute Gasteiger partial charge is 0.467 e. The van der Waals surface area contributed by atoms with Crippen LogP contribution in [0.25, 0.3) is 0 Å². The lowest BCUT2D eigenvalue weighted by atomic mass is 10.1. The second-order valence-electron chi connectivity index (χ2n) is 7.05. The zero-order chi connectivity index (χ0) is 18.4. The van der Waals surface area contributed by atoms with E-state index in [4.69, 9.17) is 4.43 Å². The third-order valence-corrected chi connectivity index (χ3v) is 8.72. The lowest BCUT2D eigenvalue weighted by molar-refractivity contribution is -0.154. The fourth-order valence-electron chi connectivity index (χ4n) is 1.75. The third-order valence-electron chi connectivity index (χ3n) is 4.19. The van der Waals surface area contributed by atoms with Gasteiger partial charge in [-0.3, -0.25) is 0 Å². The van der Waals surface area contributed by atoms with Crippen LogP contribution in [0.5, 0.6) is 0 Å². The van der Waals surface area contributed by atoms with Crippen LogP contribution in [0.3, 0.4) is 0 Å². The van der Waals surface area contributed by atoms with E-state index in [1.54, 1.807) is 0 Å². The van der Waals surface area contributed by atoms with Gasteiger partial charge in [-0.1, -0.05) is 20.8 Å². The van der Waals surface area contributed by atoms with Gasteiger partial charge in [-0.15, -0.1) is 0 Å². The van der Waals surface area contributed by atoms with Gasteiger partial charge in [0.1, 0.15) is 0 Å². The fraction of sp³-hybridized carbons (Fsp3) is 0.867. The molecule has 0 aliphatic carbocycles. The number of carbonyl (C=O) groups excluding carboxylic acids is 2. The highest BCUT2D eigenvalue weighted by atomic mass is 28.4. The van der Waals surface area contributed by atoms with Gasteiger partial charge < -0.3 is 24.1 Å². The van der Waals surface area contributed by atoms with Gasteiger partial charge in [-0.25, -0.2) is 9.59 Å². The maximum atomic E-state index is 11.4. The molecule has 0 spiro atoms. The van der Waals surface area contributed by atoms with Gasteiger partial charge in [0.2, 0.25) is 0 Å². The Balaban J connectivity index is 5.14. The summed E-state index contributed by atoms with van der Waals surface area (Å²) in [6, 6.07) is 0. The first-order chi connectivity index (χ1) is 10.4. The topological polar surface area (TPSA) is 102 Å². The molecule has 0 bridgehead atoms. The van der Waals surface area contributed by atoms with Crippen molar-refractivity contribution in [2.24, 2.45) is 0 Å². The van der Waals surface area contributed by atoms with E-state index >= 15 is 0 Å². The summed E-state index contributed by atoms with van der Waals surface area (Å²) in [5.41, 5.74) is 0. The van der Waals surface area contributed by atoms with E-state index in [-0.39, 0.29) is 17.9 Å². The summed E-state index contributed by atoms with van der Waals surface area (Å²) in [6.07, 6.45) is -3.54. The molecule has 2 N–H and O–H groups in total. The van der Waals surface area contributed by atoms with Gasteiger partial charge in [-0.05, 0) is 18.1 Å². The molecule has 8 heteroatoms. The highest BCUT2D eigenvalue weighted by Gasteiger charge is 2.40. The summed E-state index contributed by atoms with van der Waals surface area (Å²) in [5.74, 6) is -1.55. The zero-order valence-electron chi connectivity index (χ0n) is 15.1. The molecule has 0 saturated heterocycles. The Morgan fingerprint density at radius 1 is 0.957 bits per heavy atom. The Bertz CT molecular complexity index is 379. The summed E-state index contributed by atoms with van der Waals surface area (Å²) in [5, 5.41) is 19.6. The number of carbonyl (C=O) groups is 2. The first kappa shape index (κ1) is 22.0. The minimum Gasteiger partial charge on any atom is -0.467 e. The summed E-state index contributed by atoms with van der Waals surface area (Å²) in [7, 11) is 0.140. The standard InChI is InChI=1S/C15H30O7Si/c1-15(2,3)23(6,7)22-10(8-11(16)13(18)20-4)9-12(17)14(19)21-5/h10-12,16-17H,8-9H2,1-7H3/t11-,12-/m1/s1. The van der Waals surface area contributed by atoms with Crippen LogP contribution >= 0.6 is 0 Å². The molecule has 0 aromatic carbocycles. The zero-order valence-corrected chi connectivity index (χ0v) is 16.1. The average Bonchev–Trinajstić information content (AvgIpc) is 2.43. The maximum absolute atomic E-state index is 11.4. The maximum Gasteiger partial charge on any atom is 0.334 e. The van der Waals surface area contributed by atoms with Gasteiger partial charge in [0.25, 0.3) is 0 Å². The van der Waals surface area contributed by atoms with Crippen LogP contribution in [0.1, 0.15) is 33.6 Å². The van der Waals surface area contributed by atoms with Gasteiger partial charge >= 0.3 is 11.9 Å². The molecule has 0 aromatic heterocycles.